The Hall–Kier alpha value is -2.33. The predicted octanol–water partition coefficient (Wildman–Crippen LogP) is 4.08. The molecule has 0 radical (unpaired) electrons. The number of rotatable bonds is 7. The smallest absolute Gasteiger partial charge is 0.308 e. The van der Waals surface area contributed by atoms with Crippen LogP contribution in [0.25, 0.3) is 0 Å². The molecule has 4 nitrogen and oxygen atoms in total. The Morgan fingerprint density at radius 3 is 2.28 bits per heavy atom. The van der Waals surface area contributed by atoms with E-state index in [4.69, 9.17) is 16.3 Å². The largest absolute Gasteiger partial charge is 0.463 e. The zero-order valence-corrected chi connectivity index (χ0v) is 15.1. The van der Waals surface area contributed by atoms with E-state index in [0.717, 1.165) is 11.1 Å². The molecule has 2 aromatic rings. The minimum Gasteiger partial charge on any atom is -0.463 e. The second kappa shape index (κ2) is 9.23. The second-order valence-electron chi connectivity index (χ2n) is 6.08. The van der Waals surface area contributed by atoms with Gasteiger partial charge in [0.2, 0.25) is 5.91 Å². The third-order valence-electron chi connectivity index (χ3n) is 3.55. The van der Waals surface area contributed by atoms with Crippen molar-refractivity contribution in [3.05, 3.63) is 70.7 Å². The van der Waals surface area contributed by atoms with Crippen LogP contribution in [0.2, 0.25) is 5.02 Å². The molecule has 2 aromatic carbocycles. The van der Waals surface area contributed by atoms with Crippen molar-refractivity contribution in [2.45, 2.75) is 38.8 Å². The van der Waals surface area contributed by atoms with E-state index < -0.39 is 6.04 Å². The Kier molecular flexibility index (Phi) is 7.02. The standard InChI is InChI=1S/C20H22ClNO3/c1-14(2)25-20(24)13-18(16-6-4-3-5-7-16)22-19(23)12-15-8-10-17(21)11-9-15/h3-11,14,18H,12-13H2,1-2H3,(H,22,23). The average Bonchev–Trinajstić information content (AvgIpc) is 2.56. The van der Waals surface area contributed by atoms with Crippen LogP contribution in [-0.2, 0) is 20.7 Å². The number of hydrogen-bond donors (Lipinski definition) is 1. The fourth-order valence-corrected chi connectivity index (χ4v) is 2.57. The first-order valence-electron chi connectivity index (χ1n) is 8.22. The van der Waals surface area contributed by atoms with Gasteiger partial charge in [-0.15, -0.1) is 0 Å². The molecule has 0 aliphatic heterocycles. The number of ether oxygens (including phenoxy) is 1. The minimum atomic E-state index is -0.424. The molecular formula is C20H22ClNO3. The van der Waals surface area contributed by atoms with E-state index >= 15 is 0 Å². The third kappa shape index (κ3) is 6.59. The zero-order chi connectivity index (χ0) is 18.2. The molecule has 2 rings (SSSR count). The molecular weight excluding hydrogens is 338 g/mol. The van der Waals surface area contributed by atoms with Gasteiger partial charge in [-0.1, -0.05) is 54.1 Å². The second-order valence-corrected chi connectivity index (χ2v) is 6.51. The van der Waals surface area contributed by atoms with Crippen LogP contribution in [0.15, 0.2) is 54.6 Å². The van der Waals surface area contributed by atoms with E-state index in [2.05, 4.69) is 5.32 Å². The summed E-state index contributed by atoms with van der Waals surface area (Å²) in [5.41, 5.74) is 1.73. The molecule has 0 aliphatic rings. The van der Waals surface area contributed by atoms with Gasteiger partial charge in [0.15, 0.2) is 0 Å². The molecule has 1 N–H and O–H groups in total. The maximum absolute atomic E-state index is 12.4. The van der Waals surface area contributed by atoms with Crippen molar-refractivity contribution in [1.29, 1.82) is 0 Å². The summed E-state index contributed by atoms with van der Waals surface area (Å²) in [5, 5.41) is 3.56. The van der Waals surface area contributed by atoms with Gasteiger partial charge in [-0.25, -0.2) is 0 Å². The van der Waals surface area contributed by atoms with Crippen LogP contribution in [0.5, 0.6) is 0 Å². The lowest BCUT2D eigenvalue weighted by atomic mass is 10.0. The molecule has 0 saturated carbocycles. The van der Waals surface area contributed by atoms with Crippen LogP contribution >= 0.6 is 11.6 Å². The molecule has 1 amide bonds. The molecule has 0 aromatic heterocycles. The Morgan fingerprint density at radius 1 is 1.04 bits per heavy atom. The van der Waals surface area contributed by atoms with Gasteiger partial charge in [-0.05, 0) is 37.1 Å². The number of esters is 1. The van der Waals surface area contributed by atoms with E-state index in [1.165, 1.54) is 0 Å². The SMILES string of the molecule is CC(C)OC(=O)CC(NC(=O)Cc1ccc(Cl)cc1)c1ccccc1. The summed E-state index contributed by atoms with van der Waals surface area (Å²) in [5.74, 6) is -0.496. The quantitative estimate of drug-likeness (QED) is 0.758. The number of halogens is 1. The first-order chi connectivity index (χ1) is 11.9. The highest BCUT2D eigenvalue weighted by atomic mass is 35.5. The van der Waals surface area contributed by atoms with Crippen molar-refractivity contribution in [3.8, 4) is 0 Å². The number of hydrogen-bond acceptors (Lipinski definition) is 3. The third-order valence-corrected chi connectivity index (χ3v) is 3.81. The number of amides is 1. The fraction of sp³-hybridized carbons (Fsp3) is 0.300. The lowest BCUT2D eigenvalue weighted by molar-refractivity contribution is -0.148. The van der Waals surface area contributed by atoms with E-state index in [9.17, 15) is 9.59 Å². The Balaban J connectivity index is 2.05. The highest BCUT2D eigenvalue weighted by molar-refractivity contribution is 6.30. The van der Waals surface area contributed by atoms with Gasteiger partial charge in [0.1, 0.15) is 0 Å². The summed E-state index contributed by atoms with van der Waals surface area (Å²) in [6, 6.07) is 16.1. The van der Waals surface area contributed by atoms with Crippen molar-refractivity contribution in [2.75, 3.05) is 0 Å². The lowest BCUT2D eigenvalue weighted by Crippen LogP contribution is -2.32. The Labute approximate surface area is 153 Å². The molecule has 1 unspecified atom stereocenters. The van der Waals surface area contributed by atoms with E-state index in [0.29, 0.717) is 5.02 Å². The number of benzene rings is 2. The van der Waals surface area contributed by atoms with Gasteiger partial charge in [0.25, 0.3) is 0 Å². The highest BCUT2D eigenvalue weighted by Gasteiger charge is 2.20. The van der Waals surface area contributed by atoms with Crippen LogP contribution in [0.1, 0.15) is 37.4 Å². The van der Waals surface area contributed by atoms with E-state index in [1.807, 2.05) is 42.5 Å². The van der Waals surface area contributed by atoms with E-state index in [-0.39, 0.29) is 30.8 Å². The predicted molar refractivity (Wildman–Crippen MR) is 98.3 cm³/mol. The molecule has 0 heterocycles. The summed E-state index contributed by atoms with van der Waals surface area (Å²) >= 11 is 5.86. The molecule has 1 atom stereocenters. The van der Waals surface area contributed by atoms with Crippen LogP contribution in [0, 0.1) is 0 Å². The summed E-state index contributed by atoms with van der Waals surface area (Å²) < 4.78 is 5.21. The molecule has 0 bridgehead atoms. The first-order valence-corrected chi connectivity index (χ1v) is 8.60. The summed E-state index contributed by atoms with van der Waals surface area (Å²) in [6.07, 6.45) is 0.127. The molecule has 0 fully saturated rings. The van der Waals surface area contributed by atoms with Gasteiger partial charge in [-0.3, -0.25) is 9.59 Å². The lowest BCUT2D eigenvalue weighted by Gasteiger charge is -2.19. The van der Waals surface area contributed by atoms with Crippen LogP contribution in [0.3, 0.4) is 0 Å². The van der Waals surface area contributed by atoms with Crippen molar-refractivity contribution in [3.63, 3.8) is 0 Å². The maximum Gasteiger partial charge on any atom is 0.308 e. The normalized spacial score (nSPS) is 11.8. The average molecular weight is 360 g/mol. The summed E-state index contributed by atoms with van der Waals surface area (Å²) in [7, 11) is 0. The molecule has 25 heavy (non-hydrogen) atoms. The minimum absolute atomic E-state index is 0.0918. The zero-order valence-electron chi connectivity index (χ0n) is 14.4. The van der Waals surface area contributed by atoms with Crippen LogP contribution in [0.4, 0.5) is 0 Å². The molecule has 0 spiro atoms. The van der Waals surface area contributed by atoms with Crippen molar-refractivity contribution in [2.24, 2.45) is 0 Å². The molecule has 0 saturated heterocycles. The van der Waals surface area contributed by atoms with E-state index in [1.54, 1.807) is 26.0 Å². The van der Waals surface area contributed by atoms with Crippen molar-refractivity contribution < 1.29 is 14.3 Å². The molecule has 5 heteroatoms. The number of carbonyl (C=O) groups is 2. The van der Waals surface area contributed by atoms with Crippen LogP contribution < -0.4 is 5.32 Å². The molecule has 0 aliphatic carbocycles. The van der Waals surface area contributed by atoms with Gasteiger partial charge in [-0.2, -0.15) is 0 Å². The van der Waals surface area contributed by atoms with Gasteiger partial charge in [0.05, 0.1) is 25.0 Å². The van der Waals surface area contributed by atoms with Gasteiger partial charge in [0, 0.05) is 5.02 Å². The summed E-state index contributed by atoms with van der Waals surface area (Å²) in [4.78, 5) is 24.4. The maximum atomic E-state index is 12.4. The molecule has 132 valence electrons. The number of nitrogens with one attached hydrogen (secondary N) is 1. The van der Waals surface area contributed by atoms with Crippen molar-refractivity contribution in [1.82, 2.24) is 5.32 Å². The van der Waals surface area contributed by atoms with Crippen molar-refractivity contribution >= 4 is 23.5 Å². The van der Waals surface area contributed by atoms with Gasteiger partial charge >= 0.3 is 5.97 Å². The van der Waals surface area contributed by atoms with Gasteiger partial charge < -0.3 is 10.1 Å². The van der Waals surface area contributed by atoms with Crippen LogP contribution in [-0.4, -0.2) is 18.0 Å². The Bertz CT molecular complexity index is 699. The first kappa shape index (κ1) is 19.0. The summed E-state index contributed by atoms with van der Waals surface area (Å²) in [6.45, 7) is 3.60. The monoisotopic (exact) mass is 359 g/mol. The highest BCUT2D eigenvalue weighted by Crippen LogP contribution is 2.18. The number of carbonyl (C=O) groups excluding carboxylic acids is 2. The Morgan fingerprint density at radius 2 is 1.68 bits per heavy atom. The fourth-order valence-electron chi connectivity index (χ4n) is 2.45. The topological polar surface area (TPSA) is 55.4 Å².